The van der Waals surface area contributed by atoms with Gasteiger partial charge in [0.25, 0.3) is 0 Å². The van der Waals surface area contributed by atoms with Gasteiger partial charge >= 0.3 is 11.9 Å². The third kappa shape index (κ3) is 10.0. The van der Waals surface area contributed by atoms with Crippen LogP contribution in [0.25, 0.3) is 0 Å². The van der Waals surface area contributed by atoms with Gasteiger partial charge in [-0.2, -0.15) is 0 Å². The molecule has 0 aromatic rings. The third-order valence-electron chi connectivity index (χ3n) is 2.21. The molecule has 0 unspecified atom stereocenters. The Morgan fingerprint density at radius 2 is 1.17 bits per heavy atom. The van der Waals surface area contributed by atoms with Crippen LogP contribution in [0.2, 0.25) is 0 Å². The van der Waals surface area contributed by atoms with Gasteiger partial charge in [-0.05, 0) is 12.8 Å². The van der Waals surface area contributed by atoms with Gasteiger partial charge in [-0.1, -0.05) is 26.7 Å². The van der Waals surface area contributed by atoms with Gasteiger partial charge in [0.1, 0.15) is 12.1 Å². The van der Waals surface area contributed by atoms with Crippen LogP contribution in [0.15, 0.2) is 0 Å². The topological polar surface area (TPSA) is 105 Å². The number of hydrogen-bond acceptors (Lipinski definition) is 6. The fraction of sp³-hybridized carbons (Fsp3) is 0.833. The Balaban J connectivity index is 0. The Hall–Kier alpha value is -1.14. The molecule has 18 heavy (non-hydrogen) atoms. The van der Waals surface area contributed by atoms with E-state index < -0.39 is 12.1 Å². The van der Waals surface area contributed by atoms with Gasteiger partial charge in [-0.3, -0.25) is 9.59 Å². The van der Waals surface area contributed by atoms with E-state index in [2.05, 4.69) is 9.47 Å². The maximum atomic E-state index is 10.6. The molecule has 0 aromatic heterocycles. The summed E-state index contributed by atoms with van der Waals surface area (Å²) in [6, 6.07) is -0.861. The summed E-state index contributed by atoms with van der Waals surface area (Å²) in [5.74, 6) is -0.645. The van der Waals surface area contributed by atoms with Gasteiger partial charge < -0.3 is 20.9 Å². The number of carbonyl (C=O) groups is 2. The first-order valence-electron chi connectivity index (χ1n) is 6.11. The highest BCUT2D eigenvalue weighted by atomic mass is 16.5. The molecule has 0 saturated heterocycles. The number of rotatable bonds is 6. The molecule has 2 atom stereocenters. The number of carbonyl (C=O) groups excluding carboxylic acids is 2. The highest BCUT2D eigenvalue weighted by Crippen LogP contribution is 1.94. The molecule has 0 spiro atoms. The van der Waals surface area contributed by atoms with Crippen LogP contribution in [0.5, 0.6) is 0 Å². The van der Waals surface area contributed by atoms with Crippen molar-refractivity contribution in [1.29, 1.82) is 0 Å². The summed E-state index contributed by atoms with van der Waals surface area (Å²) in [6.07, 6.45) is 3.23. The average Bonchev–Trinajstić information content (AvgIpc) is 2.38. The van der Waals surface area contributed by atoms with Crippen molar-refractivity contribution in [2.45, 2.75) is 51.6 Å². The summed E-state index contributed by atoms with van der Waals surface area (Å²) in [7, 11) is 2.69. The fourth-order valence-corrected chi connectivity index (χ4v) is 1.16. The monoisotopic (exact) mass is 262 g/mol. The van der Waals surface area contributed by atoms with Gasteiger partial charge in [0, 0.05) is 0 Å². The molecule has 0 rings (SSSR count). The van der Waals surface area contributed by atoms with Crippen LogP contribution in [0, 0.1) is 0 Å². The molecule has 0 radical (unpaired) electrons. The lowest BCUT2D eigenvalue weighted by molar-refractivity contribution is -0.143. The molecule has 6 nitrogen and oxygen atoms in total. The van der Waals surface area contributed by atoms with Crippen molar-refractivity contribution in [3.8, 4) is 0 Å². The maximum Gasteiger partial charge on any atom is 0.322 e. The lowest BCUT2D eigenvalue weighted by atomic mass is 10.2. The van der Waals surface area contributed by atoms with Crippen molar-refractivity contribution in [1.82, 2.24) is 0 Å². The average molecular weight is 262 g/mol. The second-order valence-electron chi connectivity index (χ2n) is 3.84. The molecule has 0 amide bonds. The summed E-state index contributed by atoms with van der Waals surface area (Å²) in [4.78, 5) is 21.1. The predicted molar refractivity (Wildman–Crippen MR) is 69.8 cm³/mol. The van der Waals surface area contributed by atoms with E-state index in [4.69, 9.17) is 11.5 Å². The lowest BCUT2D eigenvalue weighted by Crippen LogP contribution is -2.31. The van der Waals surface area contributed by atoms with Gasteiger partial charge in [-0.25, -0.2) is 0 Å². The fourth-order valence-electron chi connectivity index (χ4n) is 1.16. The maximum absolute atomic E-state index is 10.6. The Labute approximate surface area is 109 Å². The first-order valence-corrected chi connectivity index (χ1v) is 6.11. The molecule has 0 aromatic carbocycles. The molecule has 4 N–H and O–H groups in total. The smallest absolute Gasteiger partial charge is 0.322 e. The molecule has 108 valence electrons. The van der Waals surface area contributed by atoms with E-state index in [1.807, 2.05) is 13.8 Å². The standard InChI is InChI=1S/2C6H13NO2/c2*1-3-4-5(7)6(8)9-2/h2*5H,3-4,7H2,1-2H3/t2*5-/m00/s1. The lowest BCUT2D eigenvalue weighted by Gasteiger charge is -2.05. The highest BCUT2D eigenvalue weighted by molar-refractivity contribution is 5.75. The van der Waals surface area contributed by atoms with Gasteiger partial charge in [0.05, 0.1) is 14.2 Å². The normalized spacial score (nSPS) is 12.8. The molecule has 0 aliphatic rings. The van der Waals surface area contributed by atoms with E-state index in [1.54, 1.807) is 0 Å². The van der Waals surface area contributed by atoms with Crippen molar-refractivity contribution in [3.63, 3.8) is 0 Å². The predicted octanol–water partition coefficient (Wildman–Crippen LogP) is 0.574. The second-order valence-corrected chi connectivity index (χ2v) is 3.84. The van der Waals surface area contributed by atoms with Gasteiger partial charge in [-0.15, -0.1) is 0 Å². The first-order chi connectivity index (χ1) is 8.44. The van der Waals surface area contributed by atoms with Crippen LogP contribution < -0.4 is 11.5 Å². The van der Waals surface area contributed by atoms with Crippen LogP contribution >= 0.6 is 0 Å². The Morgan fingerprint density at radius 1 is 0.889 bits per heavy atom. The van der Waals surface area contributed by atoms with Crippen LogP contribution in [-0.2, 0) is 19.1 Å². The van der Waals surface area contributed by atoms with Crippen LogP contribution in [-0.4, -0.2) is 38.2 Å². The van der Waals surface area contributed by atoms with E-state index in [9.17, 15) is 9.59 Å². The molecule has 0 fully saturated rings. The molecular weight excluding hydrogens is 236 g/mol. The van der Waals surface area contributed by atoms with E-state index >= 15 is 0 Å². The van der Waals surface area contributed by atoms with Crippen molar-refractivity contribution >= 4 is 11.9 Å². The number of methoxy groups -OCH3 is 2. The van der Waals surface area contributed by atoms with Crippen molar-refractivity contribution in [2.24, 2.45) is 11.5 Å². The van der Waals surface area contributed by atoms with Crippen LogP contribution in [0.4, 0.5) is 0 Å². The zero-order chi connectivity index (χ0) is 14.6. The Bertz CT molecular complexity index is 210. The molecule has 0 bridgehead atoms. The largest absolute Gasteiger partial charge is 0.468 e. The first kappa shape index (κ1) is 19.2. The summed E-state index contributed by atoms with van der Waals surface area (Å²) < 4.78 is 8.80. The van der Waals surface area contributed by atoms with Crippen LogP contribution in [0.3, 0.4) is 0 Å². The molecule has 6 heteroatoms. The van der Waals surface area contributed by atoms with Crippen molar-refractivity contribution in [2.75, 3.05) is 14.2 Å². The quantitative estimate of drug-likeness (QED) is 0.678. The van der Waals surface area contributed by atoms with Crippen LogP contribution in [0.1, 0.15) is 39.5 Å². The second kappa shape index (κ2) is 12.3. The Kier molecular flexibility index (Phi) is 13.1. The molecular formula is C12H26N2O4. The summed E-state index contributed by atoms with van der Waals surface area (Å²) >= 11 is 0. The minimum Gasteiger partial charge on any atom is -0.468 e. The zero-order valence-corrected chi connectivity index (χ0v) is 11.8. The SMILES string of the molecule is CCC[C@H](N)C(=O)OC.CCC[C@H](N)C(=O)OC. The summed E-state index contributed by atoms with van der Waals surface area (Å²) in [5, 5.41) is 0. The van der Waals surface area contributed by atoms with E-state index in [0.717, 1.165) is 12.8 Å². The van der Waals surface area contributed by atoms with E-state index in [0.29, 0.717) is 12.8 Å². The van der Waals surface area contributed by atoms with E-state index in [-0.39, 0.29) is 11.9 Å². The molecule has 0 heterocycles. The minimum absolute atomic E-state index is 0.322. The Morgan fingerprint density at radius 3 is 1.33 bits per heavy atom. The minimum atomic E-state index is -0.431. The number of esters is 2. The molecule has 0 aliphatic carbocycles. The van der Waals surface area contributed by atoms with Crippen molar-refractivity contribution in [3.05, 3.63) is 0 Å². The number of ether oxygens (including phenoxy) is 2. The van der Waals surface area contributed by atoms with Gasteiger partial charge in [0.15, 0.2) is 0 Å². The summed E-state index contributed by atoms with van der Waals surface area (Å²) in [5.41, 5.74) is 10.7. The summed E-state index contributed by atoms with van der Waals surface area (Å²) in [6.45, 7) is 3.95. The zero-order valence-electron chi connectivity index (χ0n) is 11.8. The van der Waals surface area contributed by atoms with Crippen molar-refractivity contribution < 1.29 is 19.1 Å². The number of hydrogen-bond donors (Lipinski definition) is 2. The third-order valence-corrected chi connectivity index (χ3v) is 2.21. The van der Waals surface area contributed by atoms with Gasteiger partial charge in [0.2, 0.25) is 0 Å². The highest BCUT2D eigenvalue weighted by Gasteiger charge is 2.11. The number of nitrogens with two attached hydrogens (primary N) is 2. The molecule has 0 aliphatic heterocycles. The van der Waals surface area contributed by atoms with E-state index in [1.165, 1.54) is 14.2 Å². The molecule has 0 saturated carbocycles.